The van der Waals surface area contributed by atoms with E-state index in [1.165, 1.54) is 52.0 Å². The summed E-state index contributed by atoms with van der Waals surface area (Å²) in [5.41, 5.74) is 3.44. The van der Waals surface area contributed by atoms with Crippen LogP contribution >= 0.6 is 0 Å². The van der Waals surface area contributed by atoms with Gasteiger partial charge in [-0.25, -0.2) is 9.78 Å². The summed E-state index contributed by atoms with van der Waals surface area (Å²) in [6.45, 7) is 10.3. The van der Waals surface area contributed by atoms with Crippen LogP contribution in [0.25, 0.3) is 22.3 Å². The molecule has 1 unspecified atom stereocenters. The molecule has 1 saturated heterocycles. The van der Waals surface area contributed by atoms with E-state index in [0.717, 1.165) is 41.6 Å². The summed E-state index contributed by atoms with van der Waals surface area (Å²) in [6, 6.07) is 9.64. The first kappa shape index (κ1) is 26.9. The van der Waals surface area contributed by atoms with Crippen molar-refractivity contribution in [3.63, 3.8) is 0 Å². The van der Waals surface area contributed by atoms with Gasteiger partial charge in [0.1, 0.15) is 12.4 Å². The van der Waals surface area contributed by atoms with Gasteiger partial charge in [0, 0.05) is 42.7 Å². The van der Waals surface area contributed by atoms with Crippen molar-refractivity contribution in [3.8, 4) is 17.1 Å². The number of ether oxygens (including phenoxy) is 2. The van der Waals surface area contributed by atoms with E-state index in [2.05, 4.69) is 22.8 Å². The molecule has 3 aliphatic heterocycles. The van der Waals surface area contributed by atoms with Gasteiger partial charge in [0.05, 0.1) is 35.6 Å². The highest BCUT2D eigenvalue weighted by atomic mass is 16.5. The van der Waals surface area contributed by atoms with Crippen molar-refractivity contribution in [1.82, 2.24) is 19.4 Å². The van der Waals surface area contributed by atoms with Crippen LogP contribution in [0, 0.1) is 0 Å². The topological polar surface area (TPSA) is 97.1 Å². The number of hydrogen-bond donors (Lipinski definition) is 1. The summed E-state index contributed by atoms with van der Waals surface area (Å²) in [7, 11) is 0. The van der Waals surface area contributed by atoms with E-state index in [1.54, 1.807) is 10.6 Å². The third-order valence-electron chi connectivity index (χ3n) is 8.43. The summed E-state index contributed by atoms with van der Waals surface area (Å²) >= 11 is 0. The number of esters is 1. The zero-order valence-electron chi connectivity index (χ0n) is 23.2. The van der Waals surface area contributed by atoms with Gasteiger partial charge in [0.2, 0.25) is 0 Å². The minimum Gasteiger partial charge on any atom is -0.494 e. The number of aromatic nitrogens is 2. The second-order valence-corrected chi connectivity index (χ2v) is 11.2. The van der Waals surface area contributed by atoms with Gasteiger partial charge in [-0.3, -0.25) is 4.79 Å². The molecule has 1 N–H and O–H groups in total. The van der Waals surface area contributed by atoms with Crippen molar-refractivity contribution in [1.29, 1.82) is 0 Å². The largest absolute Gasteiger partial charge is 0.494 e. The lowest BCUT2D eigenvalue weighted by Gasteiger charge is -2.34. The normalized spacial score (nSPS) is 18.9. The van der Waals surface area contributed by atoms with Crippen molar-refractivity contribution < 1.29 is 19.4 Å². The maximum absolute atomic E-state index is 13.1. The van der Waals surface area contributed by atoms with Crippen LogP contribution in [0.1, 0.15) is 61.8 Å². The summed E-state index contributed by atoms with van der Waals surface area (Å²) in [6.07, 6.45) is 4.63. The minimum atomic E-state index is -1.45. The molecule has 3 aromatic rings. The molecule has 1 atom stereocenters. The molecule has 1 aromatic carbocycles. The maximum Gasteiger partial charge on any atom is 0.340 e. The number of piperazine rings is 1. The first-order valence-electron chi connectivity index (χ1n) is 14.6. The Kier molecular flexibility index (Phi) is 7.87. The summed E-state index contributed by atoms with van der Waals surface area (Å²) in [4.78, 5) is 35.0. The average molecular weight is 547 g/mol. The Morgan fingerprint density at radius 1 is 1.00 bits per heavy atom. The number of carbonyl (C=O) groups is 1. The number of rotatable bonds is 10. The molecule has 0 bridgehead atoms. The fraction of sp³-hybridized carbons (Fsp3) is 0.516. The molecule has 6 rings (SSSR count). The van der Waals surface area contributed by atoms with Crippen LogP contribution in [0.4, 0.5) is 0 Å². The quantitative estimate of drug-likeness (QED) is 0.239. The van der Waals surface area contributed by atoms with Gasteiger partial charge in [-0.15, -0.1) is 0 Å². The molecule has 0 spiro atoms. The highest BCUT2D eigenvalue weighted by Crippen LogP contribution is 2.35. The van der Waals surface area contributed by atoms with Crippen molar-refractivity contribution >= 4 is 16.9 Å². The predicted molar refractivity (Wildman–Crippen MR) is 152 cm³/mol. The Morgan fingerprint density at radius 2 is 1.75 bits per heavy atom. The summed E-state index contributed by atoms with van der Waals surface area (Å²) in [5.74, 6) is 0.0851. The third kappa shape index (κ3) is 5.38. The number of nitrogens with zero attached hydrogens (tertiary/aromatic N) is 4. The van der Waals surface area contributed by atoms with Gasteiger partial charge in [-0.1, -0.05) is 19.8 Å². The van der Waals surface area contributed by atoms with Gasteiger partial charge in [-0.05, 0) is 62.7 Å². The van der Waals surface area contributed by atoms with Crippen LogP contribution in [-0.2, 0) is 22.7 Å². The molecule has 3 aliphatic rings. The molecule has 0 saturated carbocycles. The molecule has 0 amide bonds. The number of benzene rings is 1. The SMILES string of the molecule is CCCCCN1CCN(CCCCOc2ccc3nc4c(cc3c2)Cn2c-4cc3c(c2=O)COC(=O)C3O)CC1. The standard InChI is InChI=1S/C31H38N4O5/c1-2-3-4-9-33-11-13-34(14-12-33)10-5-6-15-39-23-7-8-26-21(17-23)16-22-19-35-27(28(22)32-26)18-24-25(30(35)37)20-40-31(38)29(24)36/h7-8,16-18,29,36H,2-6,9-15,19-20H2,1H3. The predicted octanol–water partition coefficient (Wildman–Crippen LogP) is 3.48. The number of aliphatic hydroxyl groups excluding tert-OH is 1. The molecule has 212 valence electrons. The minimum absolute atomic E-state index is 0.119. The van der Waals surface area contributed by atoms with Crippen molar-refractivity contribution in [3.05, 3.63) is 57.4 Å². The Balaban J connectivity index is 1.04. The van der Waals surface area contributed by atoms with Crippen molar-refractivity contribution in [2.24, 2.45) is 0 Å². The van der Waals surface area contributed by atoms with E-state index in [0.29, 0.717) is 35.7 Å². The molecule has 9 nitrogen and oxygen atoms in total. The molecule has 9 heteroatoms. The smallest absolute Gasteiger partial charge is 0.340 e. The van der Waals surface area contributed by atoms with Crippen molar-refractivity contribution in [2.75, 3.05) is 45.9 Å². The molecule has 0 radical (unpaired) electrons. The van der Waals surface area contributed by atoms with Crippen LogP contribution in [0.5, 0.6) is 5.75 Å². The number of unbranched alkanes of at least 4 members (excludes halogenated alkanes) is 3. The van der Waals surface area contributed by atoms with E-state index < -0.39 is 12.1 Å². The van der Waals surface area contributed by atoms with Gasteiger partial charge in [0.25, 0.3) is 5.56 Å². The van der Waals surface area contributed by atoms with E-state index >= 15 is 0 Å². The van der Waals surface area contributed by atoms with Gasteiger partial charge < -0.3 is 28.9 Å². The third-order valence-corrected chi connectivity index (χ3v) is 8.43. The zero-order valence-corrected chi connectivity index (χ0v) is 23.2. The fourth-order valence-electron chi connectivity index (χ4n) is 6.05. The second-order valence-electron chi connectivity index (χ2n) is 11.2. The Morgan fingerprint density at radius 3 is 2.50 bits per heavy atom. The Hall–Kier alpha value is -3.27. The van der Waals surface area contributed by atoms with E-state index in [-0.39, 0.29) is 12.2 Å². The number of cyclic esters (lactones) is 1. The fourth-order valence-corrected chi connectivity index (χ4v) is 6.05. The number of pyridine rings is 2. The molecule has 2 aromatic heterocycles. The number of fused-ring (bicyclic) bond motifs is 5. The molecule has 40 heavy (non-hydrogen) atoms. The first-order valence-corrected chi connectivity index (χ1v) is 14.6. The lowest BCUT2D eigenvalue weighted by Crippen LogP contribution is -2.46. The van der Waals surface area contributed by atoms with E-state index in [4.69, 9.17) is 14.5 Å². The molecular formula is C31H38N4O5. The molecule has 0 aliphatic carbocycles. The van der Waals surface area contributed by atoms with Crippen LogP contribution in [0.2, 0.25) is 0 Å². The Labute approximate surface area is 234 Å². The van der Waals surface area contributed by atoms with Crippen molar-refractivity contribution in [2.45, 2.75) is 58.3 Å². The van der Waals surface area contributed by atoms with Crippen LogP contribution in [0.3, 0.4) is 0 Å². The van der Waals surface area contributed by atoms with Gasteiger partial charge >= 0.3 is 5.97 Å². The number of hydrogen-bond acceptors (Lipinski definition) is 8. The zero-order chi connectivity index (χ0) is 27.6. The summed E-state index contributed by atoms with van der Waals surface area (Å²) in [5, 5.41) is 11.2. The molecular weight excluding hydrogens is 508 g/mol. The van der Waals surface area contributed by atoms with Crippen LogP contribution in [0.15, 0.2) is 35.1 Å². The first-order chi connectivity index (χ1) is 19.5. The van der Waals surface area contributed by atoms with Crippen LogP contribution < -0.4 is 10.3 Å². The highest BCUT2D eigenvalue weighted by molar-refractivity contribution is 5.86. The molecule has 5 heterocycles. The lowest BCUT2D eigenvalue weighted by molar-refractivity contribution is -0.157. The maximum atomic E-state index is 13.1. The monoisotopic (exact) mass is 546 g/mol. The van der Waals surface area contributed by atoms with E-state index in [1.807, 2.05) is 18.2 Å². The molecule has 1 fully saturated rings. The number of aliphatic hydroxyl groups is 1. The number of carbonyl (C=O) groups excluding carboxylic acids is 1. The van der Waals surface area contributed by atoms with Crippen LogP contribution in [-0.4, -0.2) is 76.3 Å². The lowest BCUT2D eigenvalue weighted by atomic mass is 10.0. The summed E-state index contributed by atoms with van der Waals surface area (Å²) < 4.78 is 12.7. The highest BCUT2D eigenvalue weighted by Gasteiger charge is 2.33. The van der Waals surface area contributed by atoms with Gasteiger partial charge in [-0.2, -0.15) is 0 Å². The van der Waals surface area contributed by atoms with Gasteiger partial charge in [0.15, 0.2) is 6.10 Å². The van der Waals surface area contributed by atoms with E-state index in [9.17, 15) is 14.7 Å². The Bertz CT molecular complexity index is 1460. The second kappa shape index (κ2) is 11.7. The average Bonchev–Trinajstić information content (AvgIpc) is 3.32.